The second-order valence-electron chi connectivity index (χ2n) is 7.02. The molecule has 9 nitrogen and oxygen atoms in total. The van der Waals surface area contributed by atoms with Crippen molar-refractivity contribution in [3.8, 4) is 0 Å². The van der Waals surface area contributed by atoms with Gasteiger partial charge in [0.25, 0.3) is 11.8 Å². The summed E-state index contributed by atoms with van der Waals surface area (Å²) in [5, 5.41) is 5.60. The lowest BCUT2D eigenvalue weighted by Crippen LogP contribution is -2.54. The number of nitrogens with zero attached hydrogens (tertiary/aromatic N) is 3. The average Bonchev–Trinajstić information content (AvgIpc) is 2.97. The number of amides is 4. The highest BCUT2D eigenvalue weighted by Gasteiger charge is 2.45. The van der Waals surface area contributed by atoms with Gasteiger partial charge >= 0.3 is 0 Å². The minimum Gasteiger partial charge on any atom is -0.354 e. The third kappa shape index (κ3) is 3.76. The Morgan fingerprint density at radius 1 is 1.17 bits per heavy atom. The molecule has 1 fully saturated rings. The van der Waals surface area contributed by atoms with Crippen molar-refractivity contribution < 1.29 is 19.2 Å². The van der Waals surface area contributed by atoms with Gasteiger partial charge in [-0.2, -0.15) is 0 Å². The van der Waals surface area contributed by atoms with Crippen molar-refractivity contribution in [2.24, 2.45) is 0 Å². The van der Waals surface area contributed by atoms with Crippen LogP contribution in [0, 0.1) is 0 Å². The Bertz CT molecular complexity index is 1060. The first kappa shape index (κ1) is 20.0. The third-order valence-electron chi connectivity index (χ3n) is 5.08. The van der Waals surface area contributed by atoms with Crippen molar-refractivity contribution in [3.05, 3.63) is 52.3 Å². The number of aromatic nitrogens is 2. The van der Waals surface area contributed by atoms with Crippen LogP contribution in [0.5, 0.6) is 0 Å². The smallest absolute Gasteiger partial charge is 0.262 e. The van der Waals surface area contributed by atoms with Crippen molar-refractivity contribution in [2.45, 2.75) is 31.7 Å². The van der Waals surface area contributed by atoms with Crippen molar-refractivity contribution in [1.82, 2.24) is 20.2 Å². The first-order valence-corrected chi connectivity index (χ1v) is 9.89. The normalized spacial score (nSPS) is 18.4. The van der Waals surface area contributed by atoms with Gasteiger partial charge in [0.2, 0.25) is 17.8 Å². The fourth-order valence-electron chi connectivity index (χ4n) is 3.69. The average molecular weight is 428 g/mol. The molecule has 1 aromatic carbocycles. The Morgan fingerprint density at radius 2 is 2.00 bits per heavy atom. The third-order valence-corrected chi connectivity index (χ3v) is 5.29. The lowest BCUT2D eigenvalue weighted by atomic mass is 9.99. The Labute approximate surface area is 176 Å². The number of aryl methyl sites for hydroxylation is 1. The van der Waals surface area contributed by atoms with Crippen molar-refractivity contribution >= 4 is 41.2 Å². The molecule has 1 saturated heterocycles. The molecule has 2 N–H and O–H groups in total. The number of rotatable bonds is 6. The summed E-state index contributed by atoms with van der Waals surface area (Å²) in [6.45, 7) is 0.545. The molecule has 30 heavy (non-hydrogen) atoms. The van der Waals surface area contributed by atoms with Crippen LogP contribution in [-0.2, 0) is 16.0 Å². The van der Waals surface area contributed by atoms with Gasteiger partial charge in [0, 0.05) is 19.2 Å². The lowest BCUT2D eigenvalue weighted by molar-refractivity contribution is -0.136. The van der Waals surface area contributed by atoms with E-state index in [0.29, 0.717) is 36.1 Å². The fraction of sp³-hybridized carbons (Fsp3) is 0.300. The standard InChI is InChI=1S/C20H18ClN5O4/c21-14-8-10-23-20(24-14)22-9-2-4-11-3-1-5-12-16(11)19(30)26(18(12)29)13-6-7-15(27)25-17(13)28/h1,3,5,8,10,13H,2,4,6-7,9H2,(H,22,23,24)(H,25,27,28). The van der Waals surface area contributed by atoms with Gasteiger partial charge in [-0.1, -0.05) is 23.7 Å². The highest BCUT2D eigenvalue weighted by Crippen LogP contribution is 2.30. The van der Waals surface area contributed by atoms with E-state index in [1.807, 2.05) is 0 Å². The predicted octanol–water partition coefficient (Wildman–Crippen LogP) is 1.58. The summed E-state index contributed by atoms with van der Waals surface area (Å²) in [7, 11) is 0. The van der Waals surface area contributed by atoms with Crippen LogP contribution in [0.4, 0.5) is 5.95 Å². The molecule has 2 aromatic rings. The molecule has 4 amide bonds. The Balaban J connectivity index is 1.46. The molecule has 1 atom stereocenters. The number of imide groups is 2. The quantitative estimate of drug-likeness (QED) is 0.407. The molecule has 4 rings (SSSR count). The summed E-state index contributed by atoms with van der Waals surface area (Å²) < 4.78 is 0. The van der Waals surface area contributed by atoms with Gasteiger partial charge in [-0.3, -0.25) is 29.4 Å². The Morgan fingerprint density at radius 3 is 2.77 bits per heavy atom. The maximum atomic E-state index is 13.0. The van der Waals surface area contributed by atoms with E-state index in [9.17, 15) is 19.2 Å². The second kappa shape index (κ2) is 8.19. The van der Waals surface area contributed by atoms with E-state index < -0.39 is 29.7 Å². The summed E-state index contributed by atoms with van der Waals surface area (Å²) in [5.41, 5.74) is 1.34. The molecule has 0 aliphatic carbocycles. The van der Waals surface area contributed by atoms with E-state index in [1.165, 1.54) is 0 Å². The maximum Gasteiger partial charge on any atom is 0.262 e. The largest absolute Gasteiger partial charge is 0.354 e. The number of hydrogen-bond acceptors (Lipinski definition) is 7. The molecule has 1 aromatic heterocycles. The molecule has 1 unspecified atom stereocenters. The number of nitrogens with one attached hydrogen (secondary N) is 2. The number of carbonyl (C=O) groups excluding carboxylic acids is 4. The van der Waals surface area contributed by atoms with Gasteiger partial charge in [0.05, 0.1) is 11.1 Å². The first-order valence-electron chi connectivity index (χ1n) is 9.51. The predicted molar refractivity (Wildman–Crippen MR) is 107 cm³/mol. The van der Waals surface area contributed by atoms with Gasteiger partial charge in [0.1, 0.15) is 11.2 Å². The first-order chi connectivity index (χ1) is 14.5. The zero-order valence-corrected chi connectivity index (χ0v) is 16.6. The minimum atomic E-state index is -0.968. The molecule has 0 radical (unpaired) electrons. The molecule has 2 aliphatic rings. The number of hydrogen-bond donors (Lipinski definition) is 2. The fourth-order valence-corrected chi connectivity index (χ4v) is 3.83. The van der Waals surface area contributed by atoms with E-state index in [-0.39, 0.29) is 18.4 Å². The summed E-state index contributed by atoms with van der Waals surface area (Å²) in [5.74, 6) is -1.60. The Kier molecular flexibility index (Phi) is 5.45. The van der Waals surface area contributed by atoms with E-state index in [2.05, 4.69) is 20.6 Å². The molecule has 3 heterocycles. The van der Waals surface area contributed by atoms with Crippen LogP contribution in [-0.4, -0.2) is 51.1 Å². The minimum absolute atomic E-state index is 0.0912. The van der Waals surface area contributed by atoms with Crippen LogP contribution in [0.25, 0.3) is 0 Å². The molecular weight excluding hydrogens is 410 g/mol. The summed E-state index contributed by atoms with van der Waals surface area (Å²) in [6, 6.07) is 5.72. The molecule has 0 spiro atoms. The van der Waals surface area contributed by atoms with Crippen molar-refractivity contribution in [2.75, 3.05) is 11.9 Å². The van der Waals surface area contributed by atoms with Crippen LogP contribution < -0.4 is 10.6 Å². The number of fused-ring (bicyclic) bond motifs is 1. The molecule has 10 heteroatoms. The number of anilines is 1. The molecule has 0 saturated carbocycles. The lowest BCUT2D eigenvalue weighted by Gasteiger charge is -2.27. The molecule has 2 aliphatic heterocycles. The number of benzene rings is 1. The van der Waals surface area contributed by atoms with Crippen molar-refractivity contribution in [1.29, 1.82) is 0 Å². The van der Waals surface area contributed by atoms with E-state index in [4.69, 9.17) is 11.6 Å². The Hall–Kier alpha value is -3.33. The summed E-state index contributed by atoms with van der Waals surface area (Å²) in [4.78, 5) is 58.5. The zero-order valence-electron chi connectivity index (χ0n) is 15.9. The van der Waals surface area contributed by atoms with Gasteiger partial charge < -0.3 is 5.32 Å². The number of halogens is 1. The SMILES string of the molecule is O=C1CCC(N2C(=O)c3cccc(CCCNc4nccc(Cl)n4)c3C2=O)C(=O)N1. The van der Waals surface area contributed by atoms with Crippen LogP contribution in [0.1, 0.15) is 45.5 Å². The topological polar surface area (TPSA) is 121 Å². The highest BCUT2D eigenvalue weighted by molar-refractivity contribution is 6.29. The summed E-state index contributed by atoms with van der Waals surface area (Å²) in [6.07, 6.45) is 2.98. The summed E-state index contributed by atoms with van der Waals surface area (Å²) >= 11 is 5.83. The molecule has 154 valence electrons. The van der Waals surface area contributed by atoms with Gasteiger partial charge in [0.15, 0.2) is 0 Å². The van der Waals surface area contributed by atoms with E-state index in [0.717, 1.165) is 10.5 Å². The van der Waals surface area contributed by atoms with E-state index >= 15 is 0 Å². The second-order valence-corrected chi connectivity index (χ2v) is 7.41. The highest BCUT2D eigenvalue weighted by atomic mass is 35.5. The maximum absolute atomic E-state index is 13.0. The monoisotopic (exact) mass is 427 g/mol. The van der Waals surface area contributed by atoms with Gasteiger partial charge in [-0.15, -0.1) is 0 Å². The molecular formula is C20H18ClN5O4. The van der Waals surface area contributed by atoms with Gasteiger partial charge in [-0.05, 0) is 37.0 Å². The van der Waals surface area contributed by atoms with Crippen LogP contribution >= 0.6 is 11.6 Å². The van der Waals surface area contributed by atoms with E-state index in [1.54, 1.807) is 30.5 Å². The zero-order chi connectivity index (χ0) is 21.3. The van der Waals surface area contributed by atoms with Crippen LogP contribution in [0.15, 0.2) is 30.5 Å². The van der Waals surface area contributed by atoms with Gasteiger partial charge in [-0.25, -0.2) is 9.97 Å². The number of carbonyl (C=O) groups is 4. The van der Waals surface area contributed by atoms with Crippen LogP contribution in [0.3, 0.4) is 0 Å². The van der Waals surface area contributed by atoms with Crippen molar-refractivity contribution in [3.63, 3.8) is 0 Å². The van der Waals surface area contributed by atoms with Crippen LogP contribution in [0.2, 0.25) is 5.15 Å². The number of piperidine rings is 1. The molecule has 0 bridgehead atoms.